The molecule has 1 saturated heterocycles. The molecule has 4 rings (SSSR count). The second-order valence-corrected chi connectivity index (χ2v) is 9.80. The molecule has 4 N–H and O–H groups in total. The third-order valence-electron chi connectivity index (χ3n) is 5.52. The number of hydrogen-bond acceptors (Lipinski definition) is 7. The number of carboxylic acid groups (broad SMARTS) is 2. The van der Waals surface area contributed by atoms with Crippen LogP contribution in [0.4, 0.5) is 38.0 Å². The van der Waals surface area contributed by atoms with E-state index in [0.717, 1.165) is 25.2 Å². The van der Waals surface area contributed by atoms with Gasteiger partial charge in [0.2, 0.25) is 0 Å². The van der Waals surface area contributed by atoms with Crippen molar-refractivity contribution in [3.05, 3.63) is 53.7 Å². The first-order valence-corrected chi connectivity index (χ1v) is 12.4. The Morgan fingerprint density at radius 2 is 1.60 bits per heavy atom. The van der Waals surface area contributed by atoms with E-state index in [0.29, 0.717) is 23.6 Å². The van der Waals surface area contributed by atoms with E-state index < -0.39 is 18.8 Å². The Morgan fingerprint density at radius 1 is 1.07 bits per heavy atom. The number of aliphatic hydroxyl groups excluding tert-OH is 1. The van der Waals surface area contributed by atoms with E-state index in [2.05, 4.69) is 41.1 Å². The number of β-amino-alcohol motifs (C(OH)–C–C–N with tert-alkyl or cyclic N) is 1. The van der Waals surface area contributed by atoms with Crippen LogP contribution in [0.1, 0.15) is 49.5 Å². The summed E-state index contributed by atoms with van der Waals surface area (Å²) in [7, 11) is 0. The number of alkyl halides is 6. The summed E-state index contributed by atoms with van der Waals surface area (Å²) < 4.78 is 62.4. The van der Waals surface area contributed by atoms with Gasteiger partial charge in [-0.15, -0.1) is 5.10 Å². The van der Waals surface area contributed by atoms with Crippen molar-refractivity contribution in [2.24, 2.45) is 0 Å². The van der Waals surface area contributed by atoms with Crippen LogP contribution >= 0.6 is 0 Å². The van der Waals surface area contributed by atoms with Gasteiger partial charge in [0, 0.05) is 18.7 Å². The normalized spacial score (nSPS) is 14.8. The first kappa shape index (κ1) is 36.6. The SMILES string of the molecule is CC(C)(C)c1ccc(C(=O)Nc2cn3nc(N4CCCC(O)C4)ccc3n2)cc1.FC(F)F.O=C(O)C(F)(F)F.O=CO. The van der Waals surface area contributed by atoms with E-state index >= 15 is 0 Å². The minimum atomic E-state index is -5.08. The summed E-state index contributed by atoms with van der Waals surface area (Å²) in [6.45, 7) is 3.97. The number of carbonyl (C=O) groups is 3. The highest BCUT2D eigenvalue weighted by atomic mass is 19.4. The molecular weight excluding hydrogens is 592 g/mol. The zero-order chi connectivity index (χ0) is 33.0. The van der Waals surface area contributed by atoms with Crippen molar-refractivity contribution in [3.63, 3.8) is 0 Å². The van der Waals surface area contributed by atoms with E-state index in [1.807, 2.05) is 36.4 Å². The molecule has 17 heteroatoms. The summed E-state index contributed by atoms with van der Waals surface area (Å²) >= 11 is 0. The highest BCUT2D eigenvalue weighted by Crippen LogP contribution is 2.23. The number of nitrogens with one attached hydrogen (secondary N) is 1. The number of halogens is 6. The lowest BCUT2D eigenvalue weighted by Crippen LogP contribution is -2.38. The van der Waals surface area contributed by atoms with Gasteiger partial charge in [0.05, 0.1) is 12.3 Å². The molecule has 1 aliphatic heterocycles. The first-order chi connectivity index (χ1) is 19.9. The molecule has 0 radical (unpaired) electrons. The molecular formula is C26H31F6N5O6. The van der Waals surface area contributed by atoms with Crippen LogP contribution in [0, 0.1) is 0 Å². The molecule has 1 aromatic carbocycles. The lowest BCUT2D eigenvalue weighted by Gasteiger charge is -2.30. The van der Waals surface area contributed by atoms with Gasteiger partial charge in [-0.25, -0.2) is 14.3 Å². The van der Waals surface area contributed by atoms with Gasteiger partial charge in [-0.2, -0.15) is 26.3 Å². The molecule has 0 aliphatic carbocycles. The molecule has 1 aliphatic rings. The van der Waals surface area contributed by atoms with Crippen molar-refractivity contribution in [3.8, 4) is 0 Å². The average molecular weight is 624 g/mol. The number of nitrogens with zero attached hydrogens (tertiary/aromatic N) is 4. The summed E-state index contributed by atoms with van der Waals surface area (Å²) in [4.78, 5) is 36.4. The number of anilines is 2. The maximum atomic E-state index is 12.6. The smallest absolute Gasteiger partial charge is 0.483 e. The van der Waals surface area contributed by atoms with Gasteiger partial charge in [0.25, 0.3) is 12.4 Å². The third-order valence-corrected chi connectivity index (χ3v) is 5.52. The fourth-order valence-electron chi connectivity index (χ4n) is 3.57. The standard InChI is InChI=1S/C22H27N5O2.C2HF3O2.CHF3.CH2O2/c1-22(2,3)16-8-6-15(7-9-16)21(29)24-18-14-27-19(23-18)10-11-20(25-27)26-12-4-5-17(28)13-26;3-2(4,5)1(6)7;2-1(3)4;2-1-3/h6-11,14,17,28H,4-5,12-13H2,1-3H3,(H,24,29);(H,6,7);1H;1H,(H,2,3). The summed E-state index contributed by atoms with van der Waals surface area (Å²) in [6, 6.07) is 11.4. The fraction of sp³-hybridized carbons (Fsp3) is 0.423. The molecule has 1 amide bonds. The van der Waals surface area contributed by atoms with Gasteiger partial charge in [0.15, 0.2) is 11.5 Å². The van der Waals surface area contributed by atoms with Crippen molar-refractivity contribution in [2.75, 3.05) is 23.3 Å². The zero-order valence-electron chi connectivity index (χ0n) is 23.2. The number of carboxylic acids is 1. The Labute approximate surface area is 241 Å². The first-order valence-electron chi connectivity index (χ1n) is 12.4. The molecule has 238 valence electrons. The van der Waals surface area contributed by atoms with Crippen LogP contribution in [0.2, 0.25) is 0 Å². The Morgan fingerprint density at radius 3 is 2.07 bits per heavy atom. The number of hydrogen-bond donors (Lipinski definition) is 4. The monoisotopic (exact) mass is 623 g/mol. The van der Waals surface area contributed by atoms with Gasteiger partial charge >= 0.3 is 18.8 Å². The number of rotatable bonds is 3. The Kier molecular flexibility index (Phi) is 13.9. The van der Waals surface area contributed by atoms with Gasteiger partial charge in [-0.3, -0.25) is 9.59 Å². The topological polar surface area (TPSA) is 157 Å². The molecule has 0 bridgehead atoms. The third kappa shape index (κ3) is 13.0. The van der Waals surface area contributed by atoms with Crippen molar-refractivity contribution >= 4 is 35.6 Å². The molecule has 3 aromatic rings. The molecule has 1 unspecified atom stereocenters. The molecule has 1 fully saturated rings. The minimum Gasteiger partial charge on any atom is -0.483 e. The number of aliphatic carboxylic acids is 1. The van der Waals surface area contributed by atoms with E-state index in [1.165, 1.54) is 5.56 Å². The molecule has 11 nitrogen and oxygen atoms in total. The molecule has 1 atom stereocenters. The predicted molar refractivity (Wildman–Crippen MR) is 143 cm³/mol. The van der Waals surface area contributed by atoms with Gasteiger partial charge in [0.1, 0.15) is 5.82 Å². The Balaban J connectivity index is 0.000000555. The molecule has 43 heavy (non-hydrogen) atoms. The lowest BCUT2D eigenvalue weighted by atomic mass is 9.87. The average Bonchev–Trinajstić information content (AvgIpc) is 3.29. The largest absolute Gasteiger partial charge is 0.490 e. The number of aliphatic hydroxyl groups is 1. The Hall–Kier alpha value is -4.41. The van der Waals surface area contributed by atoms with Crippen molar-refractivity contribution in [2.45, 2.75) is 58.0 Å². The van der Waals surface area contributed by atoms with Crippen LogP contribution < -0.4 is 10.2 Å². The number of aromatic nitrogens is 3. The fourth-order valence-corrected chi connectivity index (χ4v) is 3.57. The number of piperidine rings is 1. The molecule has 0 spiro atoms. The minimum absolute atomic E-state index is 0.0460. The summed E-state index contributed by atoms with van der Waals surface area (Å²) in [5.41, 5.74) is 2.47. The molecule has 2 aromatic heterocycles. The van der Waals surface area contributed by atoms with Crippen molar-refractivity contribution < 1.29 is 56.0 Å². The molecule has 3 heterocycles. The van der Waals surface area contributed by atoms with Crippen molar-refractivity contribution in [1.29, 1.82) is 0 Å². The highest BCUT2D eigenvalue weighted by Gasteiger charge is 2.38. The number of imidazole rings is 1. The van der Waals surface area contributed by atoms with Gasteiger partial charge in [-0.1, -0.05) is 32.9 Å². The number of fused-ring (bicyclic) bond motifs is 1. The van der Waals surface area contributed by atoms with Crippen LogP contribution in [0.15, 0.2) is 42.6 Å². The van der Waals surface area contributed by atoms with Crippen LogP contribution in [0.3, 0.4) is 0 Å². The van der Waals surface area contributed by atoms with E-state index in [-0.39, 0.29) is 23.9 Å². The van der Waals surface area contributed by atoms with E-state index in [1.54, 1.807) is 10.7 Å². The number of benzene rings is 1. The van der Waals surface area contributed by atoms with Gasteiger partial charge < -0.3 is 25.5 Å². The molecule has 0 saturated carbocycles. The predicted octanol–water partition coefficient (Wildman–Crippen LogP) is 4.75. The second-order valence-electron chi connectivity index (χ2n) is 9.80. The zero-order valence-corrected chi connectivity index (χ0v) is 23.2. The van der Waals surface area contributed by atoms with Crippen LogP contribution in [-0.2, 0) is 15.0 Å². The van der Waals surface area contributed by atoms with Gasteiger partial charge in [-0.05, 0) is 48.1 Å². The summed E-state index contributed by atoms with van der Waals surface area (Å²) in [6.07, 6.45) is -1.92. The van der Waals surface area contributed by atoms with Crippen molar-refractivity contribution in [1.82, 2.24) is 14.6 Å². The second kappa shape index (κ2) is 16.3. The number of amides is 1. The lowest BCUT2D eigenvalue weighted by molar-refractivity contribution is -0.192. The van der Waals surface area contributed by atoms with E-state index in [9.17, 15) is 36.2 Å². The number of carbonyl (C=O) groups excluding carboxylic acids is 1. The van der Waals surface area contributed by atoms with E-state index in [4.69, 9.17) is 19.8 Å². The summed E-state index contributed by atoms with van der Waals surface area (Å²) in [5, 5.41) is 31.3. The maximum absolute atomic E-state index is 12.6. The highest BCUT2D eigenvalue weighted by molar-refractivity contribution is 6.03. The van der Waals surface area contributed by atoms with Crippen LogP contribution in [0.25, 0.3) is 5.65 Å². The summed E-state index contributed by atoms with van der Waals surface area (Å²) in [5.74, 6) is -1.71. The van der Waals surface area contributed by atoms with Crippen LogP contribution in [-0.4, -0.2) is 80.3 Å². The maximum Gasteiger partial charge on any atom is 0.490 e. The quantitative estimate of drug-likeness (QED) is 0.239. The Bertz CT molecular complexity index is 1330. The van der Waals surface area contributed by atoms with Crippen LogP contribution in [0.5, 0.6) is 0 Å².